The second-order valence-corrected chi connectivity index (χ2v) is 10.5. The highest BCUT2D eigenvalue weighted by Gasteiger charge is 2.25. The van der Waals surface area contributed by atoms with Gasteiger partial charge in [-0.15, -0.1) is 0 Å². The number of piperazine rings is 1. The van der Waals surface area contributed by atoms with Gasteiger partial charge in [-0.1, -0.05) is 56.6 Å². The molecular weight excluding hydrogens is 488 g/mol. The first-order chi connectivity index (χ1) is 17.7. The number of urea groups is 1. The Morgan fingerprint density at radius 2 is 1.62 bits per heavy atom. The van der Waals surface area contributed by atoms with Crippen LogP contribution in [0.15, 0.2) is 54.7 Å². The summed E-state index contributed by atoms with van der Waals surface area (Å²) in [5, 5.41) is 3.66. The number of nitrogen functional groups attached to an aromatic ring is 1. The van der Waals surface area contributed by atoms with Gasteiger partial charge in [0.2, 0.25) is 5.95 Å². The minimum Gasteiger partial charge on any atom is -0.368 e. The maximum absolute atomic E-state index is 12.9. The Kier molecular flexibility index (Phi) is 6.55. The van der Waals surface area contributed by atoms with Crippen LogP contribution in [-0.2, 0) is 5.41 Å². The van der Waals surface area contributed by atoms with E-state index in [-0.39, 0.29) is 17.4 Å². The van der Waals surface area contributed by atoms with Crippen LogP contribution in [-0.4, -0.2) is 57.0 Å². The largest absolute Gasteiger partial charge is 0.368 e. The molecule has 37 heavy (non-hydrogen) atoms. The zero-order valence-electron chi connectivity index (χ0n) is 21.1. The van der Waals surface area contributed by atoms with Crippen LogP contribution in [0.25, 0.3) is 22.4 Å². The standard InChI is InChI=1S/C27H29ClN8O/c1-27(2,3)18-6-10-20(11-7-18)31-26(37)36-14-12-35(13-15-36)24-22-23(33-25(29)34-24)30-16-21(32-22)17-4-8-19(28)9-5-17/h4-11,16H,12-15H2,1-3H3,(H,31,37)(H2,29,30,33,34). The molecule has 4 aromatic rings. The minimum absolute atomic E-state index is 0.0629. The van der Waals surface area contributed by atoms with Gasteiger partial charge in [-0.05, 0) is 35.2 Å². The number of amides is 2. The van der Waals surface area contributed by atoms with Crippen molar-refractivity contribution in [1.82, 2.24) is 24.8 Å². The van der Waals surface area contributed by atoms with E-state index in [4.69, 9.17) is 22.3 Å². The van der Waals surface area contributed by atoms with Gasteiger partial charge >= 0.3 is 6.03 Å². The normalized spacial score (nSPS) is 14.2. The van der Waals surface area contributed by atoms with Crippen LogP contribution in [0.3, 0.4) is 0 Å². The van der Waals surface area contributed by atoms with Gasteiger partial charge in [-0.2, -0.15) is 9.97 Å². The van der Waals surface area contributed by atoms with E-state index < -0.39 is 0 Å². The van der Waals surface area contributed by atoms with Crippen LogP contribution in [0.1, 0.15) is 26.3 Å². The number of hydrogen-bond acceptors (Lipinski definition) is 7. The molecule has 5 rings (SSSR count). The Morgan fingerprint density at radius 3 is 2.27 bits per heavy atom. The van der Waals surface area contributed by atoms with Gasteiger partial charge in [0.15, 0.2) is 17.0 Å². The number of anilines is 3. The zero-order valence-corrected chi connectivity index (χ0v) is 21.8. The second kappa shape index (κ2) is 9.82. The van der Waals surface area contributed by atoms with Crippen molar-refractivity contribution in [2.75, 3.05) is 42.1 Å². The second-order valence-electron chi connectivity index (χ2n) is 10.1. The zero-order chi connectivity index (χ0) is 26.2. The van der Waals surface area contributed by atoms with E-state index in [0.717, 1.165) is 11.3 Å². The van der Waals surface area contributed by atoms with Crippen LogP contribution in [0, 0.1) is 0 Å². The molecule has 2 aromatic heterocycles. The molecule has 9 nitrogen and oxygen atoms in total. The van der Waals surface area contributed by atoms with Crippen molar-refractivity contribution < 1.29 is 4.79 Å². The van der Waals surface area contributed by atoms with Gasteiger partial charge in [-0.25, -0.2) is 14.8 Å². The topological polar surface area (TPSA) is 113 Å². The summed E-state index contributed by atoms with van der Waals surface area (Å²) in [5.41, 5.74) is 10.6. The SMILES string of the molecule is CC(C)(C)c1ccc(NC(=O)N2CCN(c3nc(N)nc4ncc(-c5ccc(Cl)cc5)nc34)CC2)cc1. The lowest BCUT2D eigenvalue weighted by molar-refractivity contribution is 0.208. The fraction of sp³-hybridized carbons (Fsp3) is 0.296. The van der Waals surface area contributed by atoms with Gasteiger partial charge in [0.25, 0.3) is 0 Å². The molecule has 0 bridgehead atoms. The summed E-state index contributed by atoms with van der Waals surface area (Å²) < 4.78 is 0. The molecule has 0 unspecified atom stereocenters. The van der Waals surface area contributed by atoms with Crippen molar-refractivity contribution in [3.8, 4) is 11.3 Å². The number of benzene rings is 2. The average molecular weight is 517 g/mol. The molecule has 1 saturated heterocycles. The molecule has 3 heterocycles. The summed E-state index contributed by atoms with van der Waals surface area (Å²) in [6, 6.07) is 15.3. The Balaban J connectivity index is 1.31. The van der Waals surface area contributed by atoms with E-state index in [1.54, 1.807) is 11.1 Å². The minimum atomic E-state index is -0.125. The number of hydrogen-bond donors (Lipinski definition) is 2. The number of rotatable bonds is 3. The fourth-order valence-corrected chi connectivity index (χ4v) is 4.39. The Labute approximate surface area is 220 Å². The molecule has 1 aliphatic heterocycles. The van der Waals surface area contributed by atoms with Gasteiger partial charge < -0.3 is 20.9 Å². The van der Waals surface area contributed by atoms with Gasteiger partial charge in [0.05, 0.1) is 11.9 Å². The van der Waals surface area contributed by atoms with E-state index in [0.29, 0.717) is 53.9 Å². The number of carbonyl (C=O) groups excluding carboxylic acids is 1. The quantitative estimate of drug-likeness (QED) is 0.395. The van der Waals surface area contributed by atoms with Gasteiger partial charge in [0.1, 0.15) is 0 Å². The third-order valence-corrected chi connectivity index (χ3v) is 6.67. The maximum atomic E-state index is 12.9. The number of aromatic nitrogens is 4. The van der Waals surface area contributed by atoms with Crippen molar-refractivity contribution in [3.63, 3.8) is 0 Å². The Morgan fingerprint density at radius 1 is 0.946 bits per heavy atom. The lowest BCUT2D eigenvalue weighted by Crippen LogP contribution is -2.50. The average Bonchev–Trinajstić information content (AvgIpc) is 2.88. The van der Waals surface area contributed by atoms with E-state index in [2.05, 4.69) is 58.1 Å². The predicted octanol–water partition coefficient (Wildman–Crippen LogP) is 4.97. The van der Waals surface area contributed by atoms with Gasteiger partial charge in [-0.3, -0.25) is 0 Å². The first kappa shape index (κ1) is 24.7. The van der Waals surface area contributed by atoms with E-state index in [1.165, 1.54) is 5.56 Å². The number of nitrogens with one attached hydrogen (secondary N) is 1. The summed E-state index contributed by atoms with van der Waals surface area (Å²) in [4.78, 5) is 34.8. The number of nitrogens with zero attached hydrogens (tertiary/aromatic N) is 6. The summed E-state index contributed by atoms with van der Waals surface area (Å²) >= 11 is 6.03. The number of carbonyl (C=O) groups is 1. The van der Waals surface area contributed by atoms with Crippen LogP contribution in [0.5, 0.6) is 0 Å². The maximum Gasteiger partial charge on any atom is 0.321 e. The molecule has 3 N–H and O–H groups in total. The molecule has 10 heteroatoms. The molecule has 0 spiro atoms. The smallest absolute Gasteiger partial charge is 0.321 e. The summed E-state index contributed by atoms with van der Waals surface area (Å²) in [6.07, 6.45) is 1.66. The molecule has 190 valence electrons. The summed E-state index contributed by atoms with van der Waals surface area (Å²) in [5.74, 6) is 0.749. The lowest BCUT2D eigenvalue weighted by atomic mass is 9.87. The van der Waals surface area contributed by atoms with E-state index in [9.17, 15) is 4.79 Å². The molecule has 0 atom stereocenters. The highest BCUT2D eigenvalue weighted by Crippen LogP contribution is 2.27. The number of halogens is 1. The molecule has 2 amide bonds. The van der Waals surface area contributed by atoms with E-state index >= 15 is 0 Å². The Hall–Kier alpha value is -3.98. The van der Waals surface area contributed by atoms with Crippen LogP contribution < -0.4 is 16.0 Å². The number of nitrogens with two attached hydrogens (primary N) is 1. The molecule has 1 fully saturated rings. The van der Waals surface area contributed by atoms with Crippen molar-refractivity contribution in [3.05, 3.63) is 65.3 Å². The van der Waals surface area contributed by atoms with Crippen molar-refractivity contribution in [2.24, 2.45) is 0 Å². The third-order valence-electron chi connectivity index (χ3n) is 6.41. The van der Waals surface area contributed by atoms with Crippen molar-refractivity contribution >= 4 is 46.2 Å². The van der Waals surface area contributed by atoms with E-state index in [1.807, 2.05) is 36.4 Å². The van der Waals surface area contributed by atoms with Gasteiger partial charge in [0, 0.05) is 42.5 Å². The molecule has 0 radical (unpaired) electrons. The summed E-state index contributed by atoms with van der Waals surface area (Å²) in [6.45, 7) is 8.71. The number of fused-ring (bicyclic) bond motifs is 1. The monoisotopic (exact) mass is 516 g/mol. The highest BCUT2D eigenvalue weighted by atomic mass is 35.5. The van der Waals surface area contributed by atoms with Crippen molar-refractivity contribution in [1.29, 1.82) is 0 Å². The molecule has 2 aromatic carbocycles. The predicted molar refractivity (Wildman–Crippen MR) is 148 cm³/mol. The molecule has 1 aliphatic rings. The Bertz CT molecular complexity index is 1430. The molecule has 0 aliphatic carbocycles. The van der Waals surface area contributed by atoms with Crippen LogP contribution in [0.2, 0.25) is 5.02 Å². The first-order valence-corrected chi connectivity index (χ1v) is 12.5. The highest BCUT2D eigenvalue weighted by molar-refractivity contribution is 6.30. The first-order valence-electron chi connectivity index (χ1n) is 12.1. The van der Waals surface area contributed by atoms with Crippen LogP contribution >= 0.6 is 11.6 Å². The molecular formula is C27H29ClN8O. The summed E-state index contributed by atoms with van der Waals surface area (Å²) in [7, 11) is 0. The van der Waals surface area contributed by atoms with Crippen molar-refractivity contribution in [2.45, 2.75) is 26.2 Å². The van der Waals surface area contributed by atoms with Crippen LogP contribution in [0.4, 0.5) is 22.2 Å². The fourth-order valence-electron chi connectivity index (χ4n) is 4.27. The third kappa shape index (κ3) is 5.41. The molecule has 0 saturated carbocycles. The lowest BCUT2D eigenvalue weighted by Gasteiger charge is -2.35.